The monoisotopic (exact) mass is 234 g/mol. The average molecular weight is 234 g/mol. The molecular formula is C11H8F2N4. The van der Waals surface area contributed by atoms with E-state index in [0.29, 0.717) is 0 Å². The van der Waals surface area contributed by atoms with Gasteiger partial charge in [0.15, 0.2) is 0 Å². The molecule has 0 aliphatic heterocycles. The highest BCUT2D eigenvalue weighted by Crippen LogP contribution is 2.19. The number of nitrogens with zero attached hydrogens (tertiary/aromatic N) is 3. The summed E-state index contributed by atoms with van der Waals surface area (Å²) < 4.78 is 26.6. The summed E-state index contributed by atoms with van der Waals surface area (Å²) in [7, 11) is 0. The molecule has 0 amide bonds. The summed E-state index contributed by atoms with van der Waals surface area (Å²) in [5.74, 6) is -1.57. The van der Waals surface area contributed by atoms with Crippen LogP contribution in [0, 0.1) is 34.3 Å². The Hall–Kier alpha value is -2.47. The molecule has 0 radical (unpaired) electrons. The number of hydrogen-bond donors (Lipinski definition) is 1. The van der Waals surface area contributed by atoms with Crippen molar-refractivity contribution in [3.63, 3.8) is 0 Å². The molecule has 1 aromatic rings. The number of rotatable bonds is 3. The van der Waals surface area contributed by atoms with E-state index in [0.717, 1.165) is 18.6 Å². The Labute approximate surface area is 96.8 Å². The molecule has 1 atom stereocenters. The van der Waals surface area contributed by atoms with Crippen molar-refractivity contribution in [3.05, 3.63) is 41.4 Å². The molecule has 0 saturated carbocycles. The van der Waals surface area contributed by atoms with Gasteiger partial charge in [-0.05, 0) is 6.92 Å². The van der Waals surface area contributed by atoms with Gasteiger partial charge in [-0.2, -0.15) is 10.5 Å². The van der Waals surface area contributed by atoms with Crippen molar-refractivity contribution in [2.75, 3.05) is 0 Å². The predicted molar refractivity (Wildman–Crippen MR) is 55.0 cm³/mol. The van der Waals surface area contributed by atoms with Crippen LogP contribution in [0.5, 0.6) is 0 Å². The van der Waals surface area contributed by atoms with Gasteiger partial charge >= 0.3 is 0 Å². The maximum Gasteiger partial charge on any atom is 0.149 e. The molecule has 17 heavy (non-hydrogen) atoms. The van der Waals surface area contributed by atoms with Crippen LogP contribution in [0.15, 0.2) is 24.2 Å². The van der Waals surface area contributed by atoms with Crippen molar-refractivity contribution >= 4 is 0 Å². The second kappa shape index (κ2) is 5.57. The van der Waals surface area contributed by atoms with Crippen LogP contribution >= 0.6 is 0 Å². The topological polar surface area (TPSA) is 72.5 Å². The van der Waals surface area contributed by atoms with Crippen molar-refractivity contribution < 1.29 is 8.78 Å². The van der Waals surface area contributed by atoms with E-state index in [4.69, 9.17) is 10.5 Å². The molecule has 1 unspecified atom stereocenters. The summed E-state index contributed by atoms with van der Waals surface area (Å²) >= 11 is 0. The third kappa shape index (κ3) is 2.99. The highest BCUT2D eigenvalue weighted by Gasteiger charge is 2.15. The lowest BCUT2D eigenvalue weighted by atomic mass is 10.1. The Kier molecular flexibility index (Phi) is 4.13. The van der Waals surface area contributed by atoms with Crippen LogP contribution < -0.4 is 5.32 Å². The molecule has 0 fully saturated rings. The van der Waals surface area contributed by atoms with E-state index in [1.165, 1.54) is 6.92 Å². The Morgan fingerprint density at radius 2 is 1.88 bits per heavy atom. The molecule has 0 bridgehead atoms. The maximum atomic E-state index is 13.3. The van der Waals surface area contributed by atoms with Gasteiger partial charge in [0.2, 0.25) is 0 Å². The molecular weight excluding hydrogens is 226 g/mol. The third-order valence-corrected chi connectivity index (χ3v) is 2.04. The molecule has 6 heteroatoms. The molecule has 86 valence electrons. The summed E-state index contributed by atoms with van der Waals surface area (Å²) in [6.45, 7) is 1.50. The first-order chi connectivity index (χ1) is 8.10. The van der Waals surface area contributed by atoms with E-state index in [9.17, 15) is 8.78 Å². The minimum Gasteiger partial charge on any atom is -0.382 e. The number of allylic oxidation sites excluding steroid dienone is 1. The number of nitriles is 2. The molecule has 1 rings (SSSR count). The minimum atomic E-state index is -0.783. The number of aromatic nitrogens is 1. The van der Waals surface area contributed by atoms with E-state index >= 15 is 0 Å². The van der Waals surface area contributed by atoms with E-state index in [2.05, 4.69) is 10.3 Å². The second-order valence-electron chi connectivity index (χ2n) is 3.19. The van der Waals surface area contributed by atoms with Gasteiger partial charge in [0.25, 0.3) is 0 Å². The van der Waals surface area contributed by atoms with Crippen molar-refractivity contribution in [3.8, 4) is 12.1 Å². The minimum absolute atomic E-state index is 0.174. The van der Waals surface area contributed by atoms with Crippen LogP contribution in [0.25, 0.3) is 0 Å². The first kappa shape index (κ1) is 12.6. The van der Waals surface area contributed by atoms with Gasteiger partial charge in [-0.25, -0.2) is 8.78 Å². The molecule has 1 aromatic heterocycles. The molecule has 0 spiro atoms. The van der Waals surface area contributed by atoms with Crippen LogP contribution in [-0.4, -0.2) is 4.98 Å². The van der Waals surface area contributed by atoms with Gasteiger partial charge in [-0.1, -0.05) is 0 Å². The number of pyridine rings is 1. The van der Waals surface area contributed by atoms with Crippen molar-refractivity contribution in [2.45, 2.75) is 13.0 Å². The normalized spacial score (nSPS) is 10.9. The lowest BCUT2D eigenvalue weighted by Crippen LogP contribution is -2.16. The molecule has 0 saturated heterocycles. The van der Waals surface area contributed by atoms with Crippen molar-refractivity contribution in [1.29, 1.82) is 10.5 Å². The number of halogens is 2. The first-order valence-electron chi connectivity index (χ1n) is 4.65. The predicted octanol–water partition coefficient (Wildman–Crippen LogP) is 1.94. The van der Waals surface area contributed by atoms with Gasteiger partial charge in [0, 0.05) is 11.8 Å². The lowest BCUT2D eigenvalue weighted by Gasteiger charge is -2.13. The zero-order chi connectivity index (χ0) is 12.8. The lowest BCUT2D eigenvalue weighted by molar-refractivity contribution is 0.510. The van der Waals surface area contributed by atoms with Gasteiger partial charge < -0.3 is 5.32 Å². The van der Waals surface area contributed by atoms with Crippen LogP contribution in [0.2, 0.25) is 0 Å². The Bertz CT molecular complexity index is 489. The van der Waals surface area contributed by atoms with Gasteiger partial charge in [0.1, 0.15) is 29.3 Å². The van der Waals surface area contributed by atoms with E-state index < -0.39 is 17.7 Å². The summed E-state index contributed by atoms with van der Waals surface area (Å²) in [5, 5.41) is 19.5. The van der Waals surface area contributed by atoms with Crippen LogP contribution in [0.3, 0.4) is 0 Å². The standard InChI is InChI=1S/C11H8F2N4/c1-7(17-4-8(2-14)3-15)11-9(12)5-16-6-10(11)13/h4-7,17H,1H3. The Balaban J connectivity index is 2.93. The van der Waals surface area contributed by atoms with Gasteiger partial charge in [-0.15, -0.1) is 0 Å². The second-order valence-corrected chi connectivity index (χ2v) is 3.19. The zero-order valence-corrected chi connectivity index (χ0v) is 8.91. The summed E-state index contributed by atoms with van der Waals surface area (Å²) in [6, 6.07) is 2.54. The third-order valence-electron chi connectivity index (χ3n) is 2.04. The molecule has 1 heterocycles. The van der Waals surface area contributed by atoms with E-state index in [-0.39, 0.29) is 11.1 Å². The smallest absolute Gasteiger partial charge is 0.149 e. The SMILES string of the molecule is CC(NC=C(C#N)C#N)c1c(F)cncc1F. The zero-order valence-electron chi connectivity index (χ0n) is 8.91. The largest absolute Gasteiger partial charge is 0.382 e. The summed E-state index contributed by atoms with van der Waals surface area (Å²) in [4.78, 5) is 3.36. The Morgan fingerprint density at radius 3 is 2.35 bits per heavy atom. The van der Waals surface area contributed by atoms with E-state index in [1.54, 1.807) is 12.1 Å². The van der Waals surface area contributed by atoms with Gasteiger partial charge in [-0.3, -0.25) is 4.98 Å². The maximum absolute atomic E-state index is 13.3. The fourth-order valence-electron chi connectivity index (χ4n) is 1.22. The fourth-order valence-corrected chi connectivity index (χ4v) is 1.22. The van der Waals surface area contributed by atoms with Gasteiger partial charge in [0.05, 0.1) is 18.4 Å². The highest BCUT2D eigenvalue weighted by molar-refractivity contribution is 5.34. The van der Waals surface area contributed by atoms with Crippen LogP contribution in [-0.2, 0) is 0 Å². The quantitative estimate of drug-likeness (QED) is 0.811. The van der Waals surface area contributed by atoms with Crippen molar-refractivity contribution in [1.82, 2.24) is 10.3 Å². The summed E-state index contributed by atoms with van der Waals surface area (Å²) in [6.07, 6.45) is 2.91. The first-order valence-corrected chi connectivity index (χ1v) is 4.65. The molecule has 0 aliphatic carbocycles. The van der Waals surface area contributed by atoms with Crippen LogP contribution in [0.4, 0.5) is 8.78 Å². The van der Waals surface area contributed by atoms with E-state index in [1.807, 2.05) is 0 Å². The average Bonchev–Trinajstić information content (AvgIpc) is 2.30. The number of nitrogens with one attached hydrogen (secondary N) is 1. The molecule has 0 aromatic carbocycles. The molecule has 0 aliphatic rings. The summed E-state index contributed by atoms with van der Waals surface area (Å²) in [5.41, 5.74) is -0.363. The highest BCUT2D eigenvalue weighted by atomic mass is 19.1. The fraction of sp³-hybridized carbons (Fsp3) is 0.182. The molecule has 1 N–H and O–H groups in total. The number of hydrogen-bond acceptors (Lipinski definition) is 4. The van der Waals surface area contributed by atoms with Crippen molar-refractivity contribution in [2.24, 2.45) is 0 Å². The van der Waals surface area contributed by atoms with Crippen LogP contribution in [0.1, 0.15) is 18.5 Å². The Morgan fingerprint density at radius 1 is 1.35 bits per heavy atom. The molecule has 4 nitrogen and oxygen atoms in total.